The van der Waals surface area contributed by atoms with Crippen molar-refractivity contribution in [2.45, 2.75) is 53.1 Å². The highest BCUT2D eigenvalue weighted by Gasteiger charge is 2.60. The summed E-state index contributed by atoms with van der Waals surface area (Å²) in [6, 6.07) is 0. The Hall–Kier alpha value is -0.570. The molecule has 3 atom stereocenters. The van der Waals surface area contributed by atoms with Crippen LogP contribution in [-0.2, 0) is 4.79 Å². The van der Waals surface area contributed by atoms with Crippen molar-refractivity contribution in [3.05, 3.63) is 0 Å². The van der Waals surface area contributed by atoms with Gasteiger partial charge in [-0.3, -0.25) is 4.79 Å². The molecule has 0 saturated heterocycles. The molecule has 0 spiro atoms. The minimum absolute atomic E-state index is 0.0313. The van der Waals surface area contributed by atoms with Crippen LogP contribution in [0.25, 0.3) is 0 Å². The molecule has 2 saturated carbocycles. The maximum absolute atomic E-state index is 9.81. The van der Waals surface area contributed by atoms with Crippen molar-refractivity contribution < 1.29 is 15.0 Å². The van der Waals surface area contributed by atoms with Crippen LogP contribution < -0.4 is 0 Å². The number of aliphatic hydroxyl groups excluding tert-OH is 1. The van der Waals surface area contributed by atoms with E-state index in [1.165, 1.54) is 12.8 Å². The largest absolute Gasteiger partial charge is 0.481 e. The van der Waals surface area contributed by atoms with E-state index < -0.39 is 5.97 Å². The van der Waals surface area contributed by atoms with Crippen molar-refractivity contribution in [3.8, 4) is 0 Å². The maximum atomic E-state index is 9.81. The average molecular weight is 214 g/mol. The van der Waals surface area contributed by atoms with Gasteiger partial charge in [-0.25, -0.2) is 0 Å². The van der Waals surface area contributed by atoms with Gasteiger partial charge in [0.25, 0.3) is 5.97 Å². The smallest absolute Gasteiger partial charge is 0.300 e. The lowest BCUT2D eigenvalue weighted by Crippen LogP contribution is -2.35. The van der Waals surface area contributed by atoms with E-state index in [9.17, 15) is 5.11 Å². The second-order valence-electron chi connectivity index (χ2n) is 5.65. The van der Waals surface area contributed by atoms with E-state index in [-0.39, 0.29) is 11.5 Å². The number of carboxylic acids is 1. The highest BCUT2D eigenvalue weighted by atomic mass is 16.4. The molecule has 3 nitrogen and oxygen atoms in total. The van der Waals surface area contributed by atoms with E-state index in [1.54, 1.807) is 0 Å². The van der Waals surface area contributed by atoms with E-state index in [1.807, 2.05) is 0 Å². The molecule has 0 amide bonds. The molecule has 88 valence electrons. The summed E-state index contributed by atoms with van der Waals surface area (Å²) in [6.45, 7) is 7.98. The normalized spacial score (nSPS) is 40.9. The zero-order chi connectivity index (χ0) is 11.9. The topological polar surface area (TPSA) is 57.5 Å². The third-order valence-electron chi connectivity index (χ3n) is 4.75. The summed E-state index contributed by atoms with van der Waals surface area (Å²) in [5.41, 5.74) is 0.601. The van der Waals surface area contributed by atoms with Gasteiger partial charge in [-0.15, -0.1) is 0 Å². The van der Waals surface area contributed by atoms with Crippen LogP contribution in [0.1, 0.15) is 47.0 Å². The third kappa shape index (κ3) is 1.89. The standard InChI is InChI=1S/C10H18O.C2H4O2/c1-9(2)7-4-5-10(9,3)8(11)6-7;1-2(3)4/h7-8,11H,4-6H2,1-3H3;1H3,(H,3,4)/t7-,8+,10+;/m1./s1. The summed E-state index contributed by atoms with van der Waals surface area (Å²) in [6.07, 6.45) is 3.58. The van der Waals surface area contributed by atoms with Gasteiger partial charge >= 0.3 is 0 Å². The molecule has 2 fully saturated rings. The van der Waals surface area contributed by atoms with Crippen LogP contribution >= 0.6 is 0 Å². The first kappa shape index (κ1) is 12.5. The molecule has 2 rings (SSSR count). The predicted molar refractivity (Wildman–Crippen MR) is 58.5 cm³/mol. The highest BCUT2D eigenvalue weighted by Crippen LogP contribution is 2.65. The summed E-state index contributed by atoms with van der Waals surface area (Å²) in [4.78, 5) is 9.00. The molecule has 3 heteroatoms. The molecule has 0 radical (unpaired) electrons. The van der Waals surface area contributed by atoms with E-state index in [4.69, 9.17) is 9.90 Å². The van der Waals surface area contributed by atoms with E-state index >= 15 is 0 Å². The number of hydrogen-bond acceptors (Lipinski definition) is 2. The van der Waals surface area contributed by atoms with Gasteiger partial charge in [0.1, 0.15) is 0 Å². The monoisotopic (exact) mass is 214 g/mol. The summed E-state index contributed by atoms with van der Waals surface area (Å²) < 4.78 is 0. The summed E-state index contributed by atoms with van der Waals surface area (Å²) in [5.74, 6) is -0.0532. The van der Waals surface area contributed by atoms with Crippen LogP contribution in [0, 0.1) is 16.7 Å². The van der Waals surface area contributed by atoms with Gasteiger partial charge in [0.2, 0.25) is 0 Å². The summed E-state index contributed by atoms with van der Waals surface area (Å²) in [5, 5.41) is 17.2. The highest BCUT2D eigenvalue weighted by molar-refractivity contribution is 5.62. The Morgan fingerprint density at radius 1 is 1.33 bits per heavy atom. The SMILES string of the molecule is CC(=O)O.CC1(C)[C@@H]2CC[C@@]1(C)[C@@H](O)C2. The number of aliphatic hydroxyl groups is 1. The van der Waals surface area contributed by atoms with Crippen LogP contribution in [0.2, 0.25) is 0 Å². The van der Waals surface area contributed by atoms with E-state index in [0.717, 1.165) is 19.3 Å². The van der Waals surface area contributed by atoms with Gasteiger partial charge in [-0.2, -0.15) is 0 Å². The first-order chi connectivity index (χ1) is 6.72. The Morgan fingerprint density at radius 2 is 1.80 bits per heavy atom. The van der Waals surface area contributed by atoms with Crippen molar-refractivity contribution in [3.63, 3.8) is 0 Å². The Balaban J connectivity index is 0.000000245. The summed E-state index contributed by atoms with van der Waals surface area (Å²) in [7, 11) is 0. The molecule has 0 aliphatic heterocycles. The number of fused-ring (bicyclic) bond motifs is 2. The van der Waals surface area contributed by atoms with Gasteiger partial charge in [0.15, 0.2) is 0 Å². The van der Waals surface area contributed by atoms with E-state index in [0.29, 0.717) is 5.41 Å². The molecule has 2 N–H and O–H groups in total. The second-order valence-corrected chi connectivity index (χ2v) is 5.65. The van der Waals surface area contributed by atoms with Crippen molar-refractivity contribution in [2.24, 2.45) is 16.7 Å². The Morgan fingerprint density at radius 3 is 1.93 bits per heavy atom. The number of aliphatic carboxylic acids is 1. The van der Waals surface area contributed by atoms with Crippen molar-refractivity contribution in [1.29, 1.82) is 0 Å². The third-order valence-corrected chi connectivity index (χ3v) is 4.75. The van der Waals surface area contributed by atoms with Gasteiger partial charge in [-0.05, 0) is 36.0 Å². The Bertz CT molecular complexity index is 256. The fraction of sp³-hybridized carbons (Fsp3) is 0.917. The van der Waals surface area contributed by atoms with Gasteiger partial charge < -0.3 is 10.2 Å². The van der Waals surface area contributed by atoms with Crippen molar-refractivity contribution in [2.75, 3.05) is 0 Å². The van der Waals surface area contributed by atoms with Gasteiger partial charge in [0, 0.05) is 6.92 Å². The molecule has 0 aromatic carbocycles. The molecule has 0 aromatic heterocycles. The molecule has 0 unspecified atom stereocenters. The quantitative estimate of drug-likeness (QED) is 0.650. The lowest BCUT2D eigenvalue weighted by atomic mass is 9.70. The van der Waals surface area contributed by atoms with Crippen LogP contribution in [0.3, 0.4) is 0 Å². The molecule has 0 heterocycles. The van der Waals surface area contributed by atoms with Crippen LogP contribution in [0.4, 0.5) is 0 Å². The maximum Gasteiger partial charge on any atom is 0.300 e. The predicted octanol–water partition coefficient (Wildman–Crippen LogP) is 2.28. The van der Waals surface area contributed by atoms with Gasteiger partial charge in [-0.1, -0.05) is 20.8 Å². The number of carbonyl (C=O) groups is 1. The zero-order valence-corrected chi connectivity index (χ0v) is 10.1. The minimum Gasteiger partial charge on any atom is -0.481 e. The summed E-state index contributed by atoms with van der Waals surface area (Å²) >= 11 is 0. The zero-order valence-electron chi connectivity index (χ0n) is 10.1. The molecule has 2 aliphatic carbocycles. The number of hydrogen-bond donors (Lipinski definition) is 2. The van der Waals surface area contributed by atoms with Crippen molar-refractivity contribution in [1.82, 2.24) is 0 Å². The fourth-order valence-corrected chi connectivity index (χ4v) is 3.16. The molecule has 15 heavy (non-hydrogen) atoms. The Kier molecular flexibility index (Phi) is 3.15. The van der Waals surface area contributed by atoms with Gasteiger partial charge in [0.05, 0.1) is 6.10 Å². The number of rotatable bonds is 0. The van der Waals surface area contributed by atoms with Crippen LogP contribution in [0.5, 0.6) is 0 Å². The minimum atomic E-state index is -0.833. The van der Waals surface area contributed by atoms with Crippen molar-refractivity contribution >= 4 is 5.97 Å². The average Bonchev–Trinajstić information content (AvgIpc) is 2.36. The molecular formula is C12H22O3. The Labute approximate surface area is 91.5 Å². The second kappa shape index (κ2) is 3.78. The molecular weight excluding hydrogens is 192 g/mol. The fourth-order valence-electron chi connectivity index (χ4n) is 3.16. The molecule has 2 bridgehead atoms. The van der Waals surface area contributed by atoms with Crippen LogP contribution in [-0.4, -0.2) is 22.3 Å². The first-order valence-electron chi connectivity index (χ1n) is 5.59. The lowest BCUT2D eigenvalue weighted by Gasteiger charge is -2.36. The first-order valence-corrected chi connectivity index (χ1v) is 5.59. The molecule has 2 aliphatic rings. The molecule has 0 aromatic rings. The van der Waals surface area contributed by atoms with Crippen LogP contribution in [0.15, 0.2) is 0 Å². The van der Waals surface area contributed by atoms with E-state index in [2.05, 4.69) is 20.8 Å². The lowest BCUT2D eigenvalue weighted by molar-refractivity contribution is -0.134. The number of carboxylic acid groups (broad SMARTS) is 1.